The second kappa shape index (κ2) is 9.81. The Kier molecular flexibility index (Phi) is 6.04. The second-order valence-electron chi connectivity index (χ2n) is 9.01. The summed E-state index contributed by atoms with van der Waals surface area (Å²) < 4.78 is 15.9. The maximum Gasteiger partial charge on any atom is 0.158 e. The molecule has 0 bridgehead atoms. The molecule has 0 radical (unpaired) electrons. The van der Waals surface area contributed by atoms with E-state index in [9.17, 15) is 0 Å². The molecule has 0 fully saturated rings. The topological polar surface area (TPSA) is 104 Å². The van der Waals surface area contributed by atoms with Crippen LogP contribution in [0.1, 0.15) is 17.1 Å². The third-order valence-electron chi connectivity index (χ3n) is 6.22. The lowest BCUT2D eigenvalue weighted by Gasteiger charge is -2.13. The van der Waals surface area contributed by atoms with Gasteiger partial charge in [0.05, 0.1) is 17.8 Å². The Labute approximate surface area is 218 Å². The van der Waals surface area contributed by atoms with Gasteiger partial charge in [0.1, 0.15) is 48.2 Å². The summed E-state index contributed by atoms with van der Waals surface area (Å²) in [6, 6.07) is 15.5. The highest BCUT2D eigenvalue weighted by atomic mass is 16.5. The molecule has 190 valence electrons. The van der Waals surface area contributed by atoms with E-state index in [1.807, 2.05) is 81.7 Å². The van der Waals surface area contributed by atoms with E-state index in [4.69, 9.17) is 9.47 Å². The lowest BCUT2D eigenvalue weighted by atomic mass is 10.2. The maximum atomic E-state index is 6.10. The number of hydrogen-bond donors (Lipinski definition) is 1. The molecule has 0 saturated heterocycles. The van der Waals surface area contributed by atoms with Gasteiger partial charge in [-0.15, -0.1) is 0 Å². The van der Waals surface area contributed by atoms with Gasteiger partial charge in [0.25, 0.3) is 0 Å². The maximum absolute atomic E-state index is 6.10. The van der Waals surface area contributed by atoms with E-state index in [1.165, 1.54) is 6.33 Å². The number of pyridine rings is 1. The third kappa shape index (κ3) is 4.83. The van der Waals surface area contributed by atoms with Crippen LogP contribution in [-0.2, 0) is 6.54 Å². The van der Waals surface area contributed by atoms with E-state index >= 15 is 0 Å². The van der Waals surface area contributed by atoms with Crippen LogP contribution in [0, 0.1) is 20.8 Å². The summed E-state index contributed by atoms with van der Waals surface area (Å²) in [4.78, 5) is 17.6. The van der Waals surface area contributed by atoms with E-state index in [0.717, 1.165) is 57.4 Å². The zero-order valence-corrected chi connectivity index (χ0v) is 21.3. The van der Waals surface area contributed by atoms with Crippen LogP contribution in [0.2, 0.25) is 0 Å². The highest BCUT2D eigenvalue weighted by Gasteiger charge is 2.09. The predicted octanol–water partition coefficient (Wildman–Crippen LogP) is 5.41. The summed E-state index contributed by atoms with van der Waals surface area (Å²) in [7, 11) is 0. The van der Waals surface area contributed by atoms with Crippen molar-refractivity contribution in [2.24, 2.45) is 0 Å². The molecule has 0 saturated carbocycles. The SMILES string of the molecule is Cc1cn(CCOc2ccc3ncnc(Nc4ccc(Oc5ccn6ncnc6c5)c(C)c4)c3c2)c(C)n1. The second-order valence-corrected chi connectivity index (χ2v) is 9.01. The summed E-state index contributed by atoms with van der Waals surface area (Å²) in [6.07, 6.45) is 6.92. The van der Waals surface area contributed by atoms with Gasteiger partial charge >= 0.3 is 0 Å². The van der Waals surface area contributed by atoms with Crippen molar-refractivity contribution in [1.82, 2.24) is 34.1 Å². The number of aryl methyl sites for hydroxylation is 3. The molecule has 0 spiro atoms. The fourth-order valence-electron chi connectivity index (χ4n) is 4.35. The molecule has 2 aromatic carbocycles. The largest absolute Gasteiger partial charge is 0.492 e. The molecule has 0 aliphatic heterocycles. The van der Waals surface area contributed by atoms with Gasteiger partial charge in [0, 0.05) is 29.5 Å². The van der Waals surface area contributed by atoms with Crippen molar-refractivity contribution in [2.75, 3.05) is 11.9 Å². The van der Waals surface area contributed by atoms with Gasteiger partial charge in [-0.1, -0.05) is 0 Å². The summed E-state index contributed by atoms with van der Waals surface area (Å²) in [5, 5.41) is 8.41. The highest BCUT2D eigenvalue weighted by Crippen LogP contribution is 2.31. The standard InChI is InChI=1S/C28H26N8O2/c1-18-12-21(4-7-26(18)38-23-8-9-36-27(14-23)30-17-32-36)34-28-24-13-22(5-6-25(24)29-16-31-28)37-11-10-35-15-19(2)33-20(35)3/h4-9,12-17H,10-11H2,1-3H3,(H,29,31,34). The van der Waals surface area contributed by atoms with Crippen LogP contribution >= 0.6 is 0 Å². The van der Waals surface area contributed by atoms with Crippen LogP contribution in [0.25, 0.3) is 16.6 Å². The molecular formula is C28H26N8O2. The van der Waals surface area contributed by atoms with Gasteiger partial charge in [-0.05, 0) is 68.8 Å². The minimum atomic E-state index is 0.531. The Hall–Kier alpha value is -4.99. The number of aromatic nitrogens is 7. The lowest BCUT2D eigenvalue weighted by molar-refractivity contribution is 0.297. The molecule has 38 heavy (non-hydrogen) atoms. The molecule has 0 amide bonds. The number of ether oxygens (including phenoxy) is 2. The van der Waals surface area contributed by atoms with E-state index < -0.39 is 0 Å². The molecule has 0 aliphatic rings. The van der Waals surface area contributed by atoms with E-state index in [-0.39, 0.29) is 0 Å². The Morgan fingerprint density at radius 3 is 2.66 bits per heavy atom. The molecule has 4 heterocycles. The van der Waals surface area contributed by atoms with Gasteiger partial charge in [-0.25, -0.2) is 24.5 Å². The Balaban J connectivity index is 1.18. The smallest absolute Gasteiger partial charge is 0.158 e. The molecule has 6 rings (SSSR count). The number of rotatable bonds is 8. The molecule has 6 aromatic rings. The predicted molar refractivity (Wildman–Crippen MR) is 144 cm³/mol. The fourth-order valence-corrected chi connectivity index (χ4v) is 4.35. The summed E-state index contributed by atoms with van der Waals surface area (Å²) in [6.45, 7) is 7.25. The molecule has 1 N–H and O–H groups in total. The Bertz CT molecular complexity index is 1760. The number of nitrogens with one attached hydrogen (secondary N) is 1. The van der Waals surface area contributed by atoms with Crippen LogP contribution in [0.4, 0.5) is 11.5 Å². The van der Waals surface area contributed by atoms with E-state index in [0.29, 0.717) is 18.2 Å². The molecule has 0 aliphatic carbocycles. The number of benzene rings is 2. The van der Waals surface area contributed by atoms with Crippen LogP contribution in [-0.4, -0.2) is 40.7 Å². The van der Waals surface area contributed by atoms with Crippen LogP contribution in [0.15, 0.2) is 73.6 Å². The lowest BCUT2D eigenvalue weighted by Crippen LogP contribution is -2.08. The van der Waals surface area contributed by atoms with Gasteiger partial charge < -0.3 is 19.4 Å². The first-order valence-electron chi connectivity index (χ1n) is 12.2. The molecular weight excluding hydrogens is 480 g/mol. The van der Waals surface area contributed by atoms with Crippen molar-refractivity contribution < 1.29 is 9.47 Å². The Morgan fingerprint density at radius 1 is 0.895 bits per heavy atom. The summed E-state index contributed by atoms with van der Waals surface area (Å²) in [5.74, 6) is 3.89. The van der Waals surface area contributed by atoms with Crippen LogP contribution in [0.5, 0.6) is 17.2 Å². The highest BCUT2D eigenvalue weighted by molar-refractivity contribution is 5.91. The first-order chi connectivity index (χ1) is 18.5. The van der Waals surface area contributed by atoms with Crippen molar-refractivity contribution >= 4 is 28.1 Å². The number of hydrogen-bond acceptors (Lipinski definition) is 8. The first-order valence-corrected chi connectivity index (χ1v) is 12.2. The zero-order chi connectivity index (χ0) is 26.1. The number of imidazole rings is 1. The van der Waals surface area contributed by atoms with E-state index in [2.05, 4.69) is 34.9 Å². The normalized spacial score (nSPS) is 11.2. The molecule has 0 unspecified atom stereocenters. The molecule has 10 nitrogen and oxygen atoms in total. The average molecular weight is 507 g/mol. The first kappa shape index (κ1) is 23.4. The molecule has 10 heteroatoms. The summed E-state index contributed by atoms with van der Waals surface area (Å²) >= 11 is 0. The van der Waals surface area contributed by atoms with Crippen LogP contribution in [0.3, 0.4) is 0 Å². The van der Waals surface area contributed by atoms with Crippen molar-refractivity contribution in [2.45, 2.75) is 27.3 Å². The third-order valence-corrected chi connectivity index (χ3v) is 6.22. The Morgan fingerprint density at radius 2 is 1.82 bits per heavy atom. The van der Waals surface area contributed by atoms with Crippen molar-refractivity contribution in [3.8, 4) is 17.2 Å². The average Bonchev–Trinajstić information content (AvgIpc) is 3.50. The van der Waals surface area contributed by atoms with Gasteiger partial charge in [-0.2, -0.15) is 5.10 Å². The van der Waals surface area contributed by atoms with Crippen molar-refractivity contribution in [3.05, 3.63) is 90.7 Å². The fraction of sp³-hybridized carbons (Fsp3) is 0.179. The van der Waals surface area contributed by atoms with Gasteiger partial charge in [0.15, 0.2) is 5.65 Å². The number of fused-ring (bicyclic) bond motifs is 2. The minimum Gasteiger partial charge on any atom is -0.492 e. The summed E-state index contributed by atoms with van der Waals surface area (Å²) in [5.41, 5.74) is 4.42. The monoisotopic (exact) mass is 506 g/mol. The number of nitrogens with zero attached hydrogens (tertiary/aromatic N) is 7. The van der Waals surface area contributed by atoms with Crippen molar-refractivity contribution in [1.29, 1.82) is 0 Å². The quantitative estimate of drug-likeness (QED) is 0.292. The minimum absolute atomic E-state index is 0.531. The van der Waals surface area contributed by atoms with Crippen LogP contribution < -0.4 is 14.8 Å². The van der Waals surface area contributed by atoms with Gasteiger partial charge in [0.2, 0.25) is 0 Å². The zero-order valence-electron chi connectivity index (χ0n) is 21.3. The molecule has 4 aromatic heterocycles. The van der Waals surface area contributed by atoms with E-state index in [1.54, 1.807) is 10.8 Å². The number of anilines is 2. The van der Waals surface area contributed by atoms with Gasteiger partial charge in [-0.3, -0.25) is 0 Å². The molecule has 0 atom stereocenters. The van der Waals surface area contributed by atoms with Crippen molar-refractivity contribution in [3.63, 3.8) is 0 Å².